The van der Waals surface area contributed by atoms with E-state index in [4.69, 9.17) is 5.73 Å². The molecule has 0 amide bonds. The third kappa shape index (κ3) is 4.51. The van der Waals surface area contributed by atoms with Gasteiger partial charge in [0, 0.05) is 13.1 Å². The van der Waals surface area contributed by atoms with Gasteiger partial charge < -0.3 is 5.73 Å². The van der Waals surface area contributed by atoms with Crippen molar-refractivity contribution in [3.63, 3.8) is 0 Å². The van der Waals surface area contributed by atoms with Crippen molar-refractivity contribution in [2.75, 3.05) is 13.6 Å². The predicted octanol–water partition coefficient (Wildman–Crippen LogP) is 2.82. The Hall–Kier alpha value is -1.64. The fourth-order valence-electron chi connectivity index (χ4n) is 2.24. The zero-order chi connectivity index (χ0) is 13.5. The van der Waals surface area contributed by atoms with Gasteiger partial charge in [-0.05, 0) is 36.7 Å². The Morgan fingerprint density at radius 2 is 1.32 bits per heavy atom. The third-order valence-corrected chi connectivity index (χ3v) is 3.20. The summed E-state index contributed by atoms with van der Waals surface area (Å²) in [6.45, 7) is 2.66. The molecule has 0 atom stereocenters. The van der Waals surface area contributed by atoms with Crippen molar-refractivity contribution in [1.29, 1.82) is 0 Å². The van der Waals surface area contributed by atoms with Crippen molar-refractivity contribution in [3.8, 4) is 0 Å². The Morgan fingerprint density at radius 1 is 0.789 bits per heavy atom. The lowest BCUT2D eigenvalue weighted by atomic mass is 10.1. The molecule has 0 bridgehead atoms. The van der Waals surface area contributed by atoms with Crippen LogP contribution in [0.4, 0.5) is 0 Å². The predicted molar refractivity (Wildman–Crippen MR) is 80.8 cm³/mol. The van der Waals surface area contributed by atoms with Crippen molar-refractivity contribution in [2.45, 2.75) is 19.5 Å². The van der Waals surface area contributed by atoms with Gasteiger partial charge in [0.05, 0.1) is 0 Å². The van der Waals surface area contributed by atoms with Crippen LogP contribution in [0.1, 0.15) is 16.7 Å². The second-order valence-corrected chi connectivity index (χ2v) is 5.01. The van der Waals surface area contributed by atoms with Gasteiger partial charge in [0.25, 0.3) is 0 Å². The zero-order valence-electron chi connectivity index (χ0n) is 11.5. The van der Waals surface area contributed by atoms with Crippen LogP contribution in [0.3, 0.4) is 0 Å². The van der Waals surface area contributed by atoms with E-state index < -0.39 is 0 Å². The van der Waals surface area contributed by atoms with Crippen LogP contribution in [0.25, 0.3) is 0 Å². The highest BCUT2D eigenvalue weighted by Crippen LogP contribution is 2.09. The van der Waals surface area contributed by atoms with Gasteiger partial charge in [0.2, 0.25) is 0 Å². The molecule has 0 fully saturated rings. The monoisotopic (exact) mass is 254 g/mol. The van der Waals surface area contributed by atoms with Crippen LogP contribution in [0.15, 0.2) is 54.6 Å². The Balaban J connectivity index is 1.89. The summed E-state index contributed by atoms with van der Waals surface area (Å²) in [6.07, 6.45) is 0.958. The first-order valence-electron chi connectivity index (χ1n) is 6.78. The SMILES string of the molecule is CN(Cc1ccccc1)Cc1ccc(CCN)cc1. The minimum Gasteiger partial charge on any atom is -0.330 e. The van der Waals surface area contributed by atoms with E-state index in [2.05, 4.69) is 66.5 Å². The van der Waals surface area contributed by atoms with E-state index in [0.29, 0.717) is 6.54 Å². The number of nitrogens with two attached hydrogens (primary N) is 1. The highest BCUT2D eigenvalue weighted by Gasteiger charge is 2.01. The van der Waals surface area contributed by atoms with Crippen LogP contribution >= 0.6 is 0 Å². The summed E-state index contributed by atoms with van der Waals surface area (Å²) in [5.74, 6) is 0. The molecule has 0 unspecified atom stereocenters. The molecule has 2 aromatic rings. The molecule has 0 aromatic heterocycles. The minimum atomic E-state index is 0.716. The quantitative estimate of drug-likeness (QED) is 0.859. The highest BCUT2D eigenvalue weighted by molar-refractivity contribution is 5.23. The summed E-state index contributed by atoms with van der Waals surface area (Å²) in [5.41, 5.74) is 9.57. The second kappa shape index (κ2) is 7.07. The molecule has 2 heteroatoms. The maximum atomic E-state index is 5.56. The van der Waals surface area contributed by atoms with E-state index >= 15 is 0 Å². The van der Waals surface area contributed by atoms with Crippen LogP contribution in [-0.4, -0.2) is 18.5 Å². The van der Waals surface area contributed by atoms with Crippen LogP contribution in [0.5, 0.6) is 0 Å². The summed E-state index contributed by atoms with van der Waals surface area (Å²) in [5, 5.41) is 0. The Bertz CT molecular complexity index is 476. The molecule has 2 nitrogen and oxygen atoms in total. The Morgan fingerprint density at radius 3 is 1.89 bits per heavy atom. The van der Waals surface area contributed by atoms with Crippen molar-refractivity contribution in [1.82, 2.24) is 4.90 Å². The fraction of sp³-hybridized carbons (Fsp3) is 0.294. The van der Waals surface area contributed by atoms with Gasteiger partial charge in [0.15, 0.2) is 0 Å². The van der Waals surface area contributed by atoms with Gasteiger partial charge in [-0.2, -0.15) is 0 Å². The van der Waals surface area contributed by atoms with Crippen molar-refractivity contribution in [3.05, 3.63) is 71.3 Å². The van der Waals surface area contributed by atoms with Gasteiger partial charge in [-0.15, -0.1) is 0 Å². The molecule has 0 aliphatic carbocycles. The molecule has 0 saturated heterocycles. The number of rotatable bonds is 6. The molecule has 2 N–H and O–H groups in total. The normalized spacial score (nSPS) is 10.9. The van der Waals surface area contributed by atoms with E-state index in [0.717, 1.165) is 19.5 Å². The molecule has 0 saturated carbocycles. The van der Waals surface area contributed by atoms with Gasteiger partial charge in [-0.25, -0.2) is 0 Å². The minimum absolute atomic E-state index is 0.716. The van der Waals surface area contributed by atoms with Gasteiger partial charge in [0.1, 0.15) is 0 Å². The van der Waals surface area contributed by atoms with Gasteiger partial charge in [-0.1, -0.05) is 54.6 Å². The maximum absolute atomic E-state index is 5.56. The topological polar surface area (TPSA) is 29.3 Å². The van der Waals surface area contributed by atoms with Gasteiger partial charge in [-0.3, -0.25) is 4.90 Å². The van der Waals surface area contributed by atoms with E-state index in [9.17, 15) is 0 Å². The molecule has 0 aliphatic rings. The molecule has 0 spiro atoms. The summed E-state index contributed by atoms with van der Waals surface area (Å²) >= 11 is 0. The molecular weight excluding hydrogens is 232 g/mol. The molecular formula is C17H22N2. The molecule has 2 rings (SSSR count). The van der Waals surface area contributed by atoms with Crippen molar-refractivity contribution < 1.29 is 0 Å². The first-order valence-corrected chi connectivity index (χ1v) is 6.78. The molecule has 100 valence electrons. The van der Waals surface area contributed by atoms with E-state index in [1.54, 1.807) is 0 Å². The lowest BCUT2D eigenvalue weighted by molar-refractivity contribution is 0.319. The summed E-state index contributed by atoms with van der Waals surface area (Å²) in [4.78, 5) is 2.33. The Kier molecular flexibility index (Phi) is 5.13. The molecule has 19 heavy (non-hydrogen) atoms. The number of hydrogen-bond acceptors (Lipinski definition) is 2. The molecule has 0 aliphatic heterocycles. The number of hydrogen-bond donors (Lipinski definition) is 1. The summed E-state index contributed by atoms with van der Waals surface area (Å²) in [7, 11) is 2.15. The zero-order valence-corrected chi connectivity index (χ0v) is 11.5. The summed E-state index contributed by atoms with van der Waals surface area (Å²) < 4.78 is 0. The first kappa shape index (κ1) is 13.8. The smallest absolute Gasteiger partial charge is 0.0234 e. The van der Waals surface area contributed by atoms with Crippen LogP contribution < -0.4 is 5.73 Å². The van der Waals surface area contributed by atoms with E-state index in [-0.39, 0.29) is 0 Å². The first-order chi connectivity index (χ1) is 9.28. The highest BCUT2D eigenvalue weighted by atomic mass is 15.1. The maximum Gasteiger partial charge on any atom is 0.0234 e. The van der Waals surface area contributed by atoms with Crippen molar-refractivity contribution in [2.24, 2.45) is 5.73 Å². The van der Waals surface area contributed by atoms with E-state index in [1.807, 2.05) is 0 Å². The number of benzene rings is 2. The summed E-state index contributed by atoms with van der Waals surface area (Å²) in [6, 6.07) is 19.3. The Labute approximate surface area is 115 Å². The number of nitrogens with zero attached hydrogens (tertiary/aromatic N) is 1. The average Bonchev–Trinajstić information content (AvgIpc) is 2.42. The molecule has 0 heterocycles. The molecule has 2 aromatic carbocycles. The lowest BCUT2D eigenvalue weighted by Crippen LogP contribution is -2.17. The van der Waals surface area contributed by atoms with Crippen LogP contribution in [0, 0.1) is 0 Å². The van der Waals surface area contributed by atoms with Crippen LogP contribution in [0.2, 0.25) is 0 Å². The average molecular weight is 254 g/mol. The van der Waals surface area contributed by atoms with Crippen molar-refractivity contribution >= 4 is 0 Å². The van der Waals surface area contributed by atoms with E-state index in [1.165, 1.54) is 16.7 Å². The van der Waals surface area contributed by atoms with Crippen LogP contribution in [-0.2, 0) is 19.5 Å². The largest absolute Gasteiger partial charge is 0.330 e. The standard InChI is InChI=1S/C17H22N2/c1-19(13-16-5-3-2-4-6-16)14-17-9-7-15(8-10-17)11-12-18/h2-10H,11-14,18H2,1H3. The molecule has 0 radical (unpaired) electrons. The fourth-order valence-corrected chi connectivity index (χ4v) is 2.24. The second-order valence-electron chi connectivity index (χ2n) is 5.01. The third-order valence-electron chi connectivity index (χ3n) is 3.20. The van der Waals surface area contributed by atoms with Gasteiger partial charge >= 0.3 is 0 Å². The lowest BCUT2D eigenvalue weighted by Gasteiger charge is -2.17.